The predicted molar refractivity (Wildman–Crippen MR) is 122 cm³/mol. The van der Waals surface area contributed by atoms with Gasteiger partial charge in [0.15, 0.2) is 0 Å². The van der Waals surface area contributed by atoms with Crippen molar-refractivity contribution >= 4 is 23.4 Å². The molecule has 0 atom stereocenters. The van der Waals surface area contributed by atoms with Crippen molar-refractivity contribution in [1.29, 1.82) is 0 Å². The van der Waals surface area contributed by atoms with E-state index in [9.17, 15) is 14.4 Å². The van der Waals surface area contributed by atoms with Crippen LogP contribution in [0.5, 0.6) is 5.75 Å². The summed E-state index contributed by atoms with van der Waals surface area (Å²) in [6, 6.07) is 12.9. The molecule has 168 valence electrons. The highest BCUT2D eigenvalue weighted by molar-refractivity contribution is 6.22. The van der Waals surface area contributed by atoms with Gasteiger partial charge in [0, 0.05) is 36.9 Å². The maximum absolute atomic E-state index is 12.8. The summed E-state index contributed by atoms with van der Waals surface area (Å²) in [5.41, 5.74) is 2.27. The molecule has 0 radical (unpaired) electrons. The monoisotopic (exact) mass is 435 g/mol. The Kier molecular flexibility index (Phi) is 6.44. The lowest BCUT2D eigenvalue weighted by Crippen LogP contribution is -2.44. The van der Waals surface area contributed by atoms with E-state index in [-0.39, 0.29) is 23.8 Å². The van der Waals surface area contributed by atoms with E-state index in [1.165, 1.54) is 4.90 Å². The van der Waals surface area contributed by atoms with Crippen LogP contribution in [0.15, 0.2) is 42.5 Å². The normalized spacial score (nSPS) is 16.3. The van der Waals surface area contributed by atoms with Crippen LogP contribution >= 0.6 is 0 Å². The Hall–Kier alpha value is -3.35. The quantitative estimate of drug-likeness (QED) is 0.674. The molecule has 3 amide bonds. The third-order valence-corrected chi connectivity index (χ3v) is 6.24. The molecular weight excluding hydrogens is 406 g/mol. The van der Waals surface area contributed by atoms with Crippen LogP contribution in [0.3, 0.4) is 0 Å². The first kappa shape index (κ1) is 21.9. The van der Waals surface area contributed by atoms with E-state index in [4.69, 9.17) is 4.74 Å². The summed E-state index contributed by atoms with van der Waals surface area (Å²) in [7, 11) is 1.65. The van der Waals surface area contributed by atoms with Gasteiger partial charge in [-0.15, -0.1) is 0 Å². The van der Waals surface area contributed by atoms with E-state index in [1.807, 2.05) is 31.2 Å². The number of nitrogens with zero attached hydrogens (tertiary/aromatic N) is 2. The van der Waals surface area contributed by atoms with Crippen LogP contribution in [0.1, 0.15) is 63.7 Å². The largest absolute Gasteiger partial charge is 0.497 e. The zero-order chi connectivity index (χ0) is 22.7. The van der Waals surface area contributed by atoms with E-state index in [1.54, 1.807) is 25.3 Å². The minimum Gasteiger partial charge on any atom is -0.497 e. The molecule has 7 nitrogen and oxygen atoms in total. The number of fused-ring (bicyclic) bond motifs is 1. The van der Waals surface area contributed by atoms with Crippen LogP contribution in [0.2, 0.25) is 0 Å². The molecule has 0 spiro atoms. The van der Waals surface area contributed by atoms with Crippen molar-refractivity contribution in [2.45, 2.75) is 38.6 Å². The molecule has 32 heavy (non-hydrogen) atoms. The van der Waals surface area contributed by atoms with E-state index < -0.39 is 0 Å². The number of ether oxygens (including phenoxy) is 1. The van der Waals surface area contributed by atoms with Crippen molar-refractivity contribution < 1.29 is 19.1 Å². The highest BCUT2D eigenvalue weighted by Gasteiger charge is 2.35. The number of benzene rings is 2. The average Bonchev–Trinajstić information content (AvgIpc) is 3.07. The van der Waals surface area contributed by atoms with E-state index in [0.717, 1.165) is 50.2 Å². The molecule has 1 N–H and O–H groups in total. The smallest absolute Gasteiger partial charge is 0.261 e. The number of hydrogen-bond acceptors (Lipinski definition) is 5. The van der Waals surface area contributed by atoms with E-state index in [0.29, 0.717) is 23.2 Å². The van der Waals surface area contributed by atoms with Crippen LogP contribution in [0.4, 0.5) is 5.69 Å². The summed E-state index contributed by atoms with van der Waals surface area (Å²) in [5, 5.41) is 3.09. The Morgan fingerprint density at radius 2 is 1.72 bits per heavy atom. The number of unbranched alkanes of at least 4 members (excludes halogenated alkanes) is 1. The average molecular weight is 436 g/mol. The summed E-state index contributed by atoms with van der Waals surface area (Å²) >= 11 is 0. The maximum Gasteiger partial charge on any atom is 0.261 e. The van der Waals surface area contributed by atoms with Gasteiger partial charge < -0.3 is 15.0 Å². The molecule has 2 aromatic carbocycles. The van der Waals surface area contributed by atoms with Crippen molar-refractivity contribution in [2.75, 3.05) is 31.6 Å². The number of imide groups is 1. The van der Waals surface area contributed by atoms with Gasteiger partial charge in [-0.25, -0.2) is 0 Å². The third-order valence-electron chi connectivity index (χ3n) is 6.24. The highest BCUT2D eigenvalue weighted by atomic mass is 16.5. The van der Waals surface area contributed by atoms with Gasteiger partial charge in [0.2, 0.25) is 0 Å². The Morgan fingerprint density at radius 3 is 2.38 bits per heavy atom. The summed E-state index contributed by atoms with van der Waals surface area (Å²) in [4.78, 5) is 41.5. The lowest BCUT2D eigenvalue weighted by molar-refractivity contribution is 0.0652. The lowest BCUT2D eigenvalue weighted by atomic mass is 10.0. The topological polar surface area (TPSA) is 79.0 Å². The maximum atomic E-state index is 12.8. The summed E-state index contributed by atoms with van der Waals surface area (Å²) in [6.07, 6.45) is 3.35. The Bertz CT molecular complexity index is 1010. The molecule has 0 aromatic heterocycles. The Labute approximate surface area is 188 Å². The number of rotatable bonds is 7. The second-order valence-corrected chi connectivity index (χ2v) is 8.31. The van der Waals surface area contributed by atoms with Crippen molar-refractivity contribution in [3.8, 4) is 5.75 Å². The number of amides is 3. The molecule has 1 saturated heterocycles. The number of methoxy groups -OCH3 is 1. The van der Waals surface area contributed by atoms with Crippen molar-refractivity contribution in [1.82, 2.24) is 10.2 Å². The van der Waals surface area contributed by atoms with Gasteiger partial charge in [0.05, 0.1) is 18.2 Å². The van der Waals surface area contributed by atoms with Crippen molar-refractivity contribution in [3.63, 3.8) is 0 Å². The number of piperidine rings is 1. The standard InChI is InChI=1S/C25H29N3O4/c1-3-4-13-28-24(30)21-10-5-17(16-22(21)25(28)31)23(29)26-18-11-14-27(15-12-18)19-6-8-20(32-2)9-7-19/h5-10,16,18H,3-4,11-15H2,1-2H3,(H,26,29). The summed E-state index contributed by atoms with van der Waals surface area (Å²) in [6.45, 7) is 4.13. The lowest BCUT2D eigenvalue weighted by Gasteiger charge is -2.34. The molecule has 1 fully saturated rings. The molecule has 0 bridgehead atoms. The van der Waals surface area contributed by atoms with E-state index in [2.05, 4.69) is 10.2 Å². The number of anilines is 1. The highest BCUT2D eigenvalue weighted by Crippen LogP contribution is 2.25. The second kappa shape index (κ2) is 9.42. The molecule has 0 aliphatic carbocycles. The molecule has 2 aliphatic rings. The molecule has 7 heteroatoms. The van der Waals surface area contributed by atoms with Gasteiger partial charge in [-0.2, -0.15) is 0 Å². The fourth-order valence-corrected chi connectivity index (χ4v) is 4.30. The van der Waals surface area contributed by atoms with Crippen LogP contribution in [-0.2, 0) is 0 Å². The van der Waals surface area contributed by atoms with Crippen LogP contribution in [0.25, 0.3) is 0 Å². The molecular formula is C25H29N3O4. The second-order valence-electron chi connectivity index (χ2n) is 8.31. The van der Waals surface area contributed by atoms with Gasteiger partial charge >= 0.3 is 0 Å². The number of carbonyl (C=O) groups is 3. The number of hydrogen-bond donors (Lipinski definition) is 1. The molecule has 4 rings (SSSR count). The fourth-order valence-electron chi connectivity index (χ4n) is 4.30. The van der Waals surface area contributed by atoms with Crippen molar-refractivity contribution in [2.24, 2.45) is 0 Å². The molecule has 2 heterocycles. The molecule has 0 saturated carbocycles. The molecule has 2 aliphatic heterocycles. The minimum atomic E-state index is -0.305. The first-order chi connectivity index (χ1) is 15.5. The van der Waals surface area contributed by atoms with Crippen molar-refractivity contribution in [3.05, 3.63) is 59.2 Å². The van der Waals surface area contributed by atoms with Gasteiger partial charge in [0.1, 0.15) is 5.75 Å². The minimum absolute atomic E-state index is 0.0728. The fraction of sp³-hybridized carbons (Fsp3) is 0.400. The zero-order valence-corrected chi connectivity index (χ0v) is 18.6. The number of carbonyl (C=O) groups excluding carboxylic acids is 3. The number of nitrogens with one attached hydrogen (secondary N) is 1. The third kappa shape index (κ3) is 4.33. The SMILES string of the molecule is CCCCN1C(=O)c2ccc(C(=O)NC3CCN(c4ccc(OC)cc4)CC3)cc2C1=O. The first-order valence-corrected chi connectivity index (χ1v) is 11.2. The van der Waals surface area contributed by atoms with E-state index >= 15 is 0 Å². The molecule has 2 aromatic rings. The van der Waals surface area contributed by atoms with Gasteiger partial charge in [0.25, 0.3) is 17.7 Å². The first-order valence-electron chi connectivity index (χ1n) is 11.2. The van der Waals surface area contributed by atoms with Crippen LogP contribution < -0.4 is 15.0 Å². The van der Waals surface area contributed by atoms with Crippen LogP contribution in [0, 0.1) is 0 Å². The summed E-state index contributed by atoms with van der Waals surface area (Å²) < 4.78 is 5.21. The zero-order valence-electron chi connectivity index (χ0n) is 18.6. The molecule has 0 unspecified atom stereocenters. The Balaban J connectivity index is 1.36. The van der Waals surface area contributed by atoms with Crippen LogP contribution in [-0.4, -0.2) is 55.4 Å². The predicted octanol–water partition coefficient (Wildman–Crippen LogP) is 3.49. The Morgan fingerprint density at radius 1 is 1.03 bits per heavy atom. The van der Waals surface area contributed by atoms with Gasteiger partial charge in [-0.05, 0) is 61.7 Å². The summed E-state index contributed by atoms with van der Waals surface area (Å²) in [5.74, 6) is 0.0547. The van der Waals surface area contributed by atoms with Gasteiger partial charge in [-0.3, -0.25) is 19.3 Å². The van der Waals surface area contributed by atoms with Gasteiger partial charge in [-0.1, -0.05) is 13.3 Å².